The van der Waals surface area contributed by atoms with Crippen LogP contribution in [0.2, 0.25) is 0 Å². The van der Waals surface area contributed by atoms with Crippen molar-refractivity contribution in [2.24, 2.45) is 5.92 Å². The number of nitrogens with zero attached hydrogens (tertiary/aromatic N) is 3. The summed E-state index contributed by atoms with van der Waals surface area (Å²) < 4.78 is 0.830. The van der Waals surface area contributed by atoms with Crippen LogP contribution in [0.25, 0.3) is 0 Å². The van der Waals surface area contributed by atoms with Crippen LogP contribution in [0.4, 0.5) is 5.13 Å². The molecule has 0 spiro atoms. The quantitative estimate of drug-likeness (QED) is 0.659. The monoisotopic (exact) mass is 344 g/mol. The second kappa shape index (κ2) is 7.57. The van der Waals surface area contributed by atoms with Crippen LogP contribution in [0.3, 0.4) is 0 Å². The minimum absolute atomic E-state index is 0.0716. The Morgan fingerprint density at radius 2 is 2.04 bits per heavy atom. The van der Waals surface area contributed by atoms with E-state index in [0.717, 1.165) is 41.3 Å². The van der Waals surface area contributed by atoms with E-state index >= 15 is 0 Å². The maximum absolute atomic E-state index is 12.1. The van der Waals surface area contributed by atoms with Crippen molar-refractivity contribution in [2.45, 2.75) is 35.8 Å². The molecule has 1 amide bonds. The number of amides is 1. The molecule has 118 valence electrons. The lowest BCUT2D eigenvalue weighted by Gasteiger charge is -2.06. The Labute approximate surface area is 143 Å². The number of nitrogens with one attached hydrogen (secondary N) is 1. The highest BCUT2D eigenvalue weighted by Gasteiger charge is 2.23. The van der Waals surface area contributed by atoms with Gasteiger partial charge in [0.1, 0.15) is 0 Å². The first kappa shape index (κ1) is 16.0. The highest BCUT2D eigenvalue weighted by molar-refractivity contribution is 8.00. The Hall–Kier alpha value is -1.91. The number of aromatic nitrogens is 2. The first-order valence-electron chi connectivity index (χ1n) is 7.51. The van der Waals surface area contributed by atoms with Gasteiger partial charge in [-0.3, -0.25) is 4.79 Å². The van der Waals surface area contributed by atoms with Gasteiger partial charge in [-0.1, -0.05) is 48.1 Å². The lowest BCUT2D eigenvalue weighted by Crippen LogP contribution is -2.20. The van der Waals surface area contributed by atoms with Gasteiger partial charge in [0.15, 0.2) is 4.34 Å². The zero-order chi connectivity index (χ0) is 16.1. The van der Waals surface area contributed by atoms with E-state index in [1.807, 2.05) is 24.3 Å². The number of carbonyl (C=O) groups excluding carboxylic acids is 1. The van der Waals surface area contributed by atoms with E-state index in [9.17, 15) is 4.79 Å². The zero-order valence-electron chi connectivity index (χ0n) is 12.5. The Kier molecular flexibility index (Phi) is 5.26. The molecule has 5 nitrogen and oxygen atoms in total. The van der Waals surface area contributed by atoms with Crippen LogP contribution >= 0.6 is 23.1 Å². The van der Waals surface area contributed by atoms with Crippen LogP contribution in [0.15, 0.2) is 28.6 Å². The second-order valence-corrected chi connectivity index (χ2v) is 7.64. The fourth-order valence-corrected chi connectivity index (χ4v) is 4.25. The number of carbonyl (C=O) groups is 1. The van der Waals surface area contributed by atoms with Gasteiger partial charge in [-0.25, -0.2) is 0 Å². The van der Waals surface area contributed by atoms with Crippen molar-refractivity contribution in [3.05, 3.63) is 35.4 Å². The van der Waals surface area contributed by atoms with Crippen molar-refractivity contribution in [1.82, 2.24) is 10.2 Å². The van der Waals surface area contributed by atoms with Gasteiger partial charge in [-0.15, -0.1) is 10.2 Å². The van der Waals surface area contributed by atoms with Gasteiger partial charge in [0.25, 0.3) is 0 Å². The molecule has 1 N–H and O–H groups in total. The first-order chi connectivity index (χ1) is 11.2. The molecule has 1 aromatic heterocycles. The lowest BCUT2D eigenvalue weighted by atomic mass is 10.1. The third kappa shape index (κ3) is 4.30. The predicted octanol–water partition coefficient (Wildman–Crippen LogP) is 3.83. The van der Waals surface area contributed by atoms with E-state index in [4.69, 9.17) is 5.26 Å². The van der Waals surface area contributed by atoms with Crippen LogP contribution in [-0.2, 0) is 10.5 Å². The number of hydrogen-bond donors (Lipinski definition) is 1. The van der Waals surface area contributed by atoms with Crippen LogP contribution < -0.4 is 5.32 Å². The number of rotatable bonds is 5. The van der Waals surface area contributed by atoms with Crippen molar-refractivity contribution in [3.63, 3.8) is 0 Å². The zero-order valence-corrected chi connectivity index (χ0v) is 14.1. The van der Waals surface area contributed by atoms with E-state index in [0.29, 0.717) is 10.7 Å². The normalized spacial score (nSPS) is 14.6. The predicted molar refractivity (Wildman–Crippen MR) is 91.2 cm³/mol. The minimum Gasteiger partial charge on any atom is -0.300 e. The summed E-state index contributed by atoms with van der Waals surface area (Å²) in [7, 11) is 0. The van der Waals surface area contributed by atoms with Crippen molar-refractivity contribution >= 4 is 34.1 Å². The molecule has 7 heteroatoms. The number of thioether (sulfide) groups is 1. The summed E-state index contributed by atoms with van der Waals surface area (Å²) in [6.45, 7) is 0. The van der Waals surface area contributed by atoms with E-state index in [-0.39, 0.29) is 11.8 Å². The third-order valence-corrected chi connectivity index (χ3v) is 5.85. The van der Waals surface area contributed by atoms with E-state index in [1.165, 1.54) is 11.3 Å². The molecule has 0 atom stereocenters. The average molecular weight is 344 g/mol. The summed E-state index contributed by atoms with van der Waals surface area (Å²) in [4.78, 5) is 12.1. The molecule has 0 aliphatic heterocycles. The van der Waals surface area contributed by atoms with Gasteiger partial charge in [-0.2, -0.15) is 5.26 Å². The maximum Gasteiger partial charge on any atom is 0.229 e. The van der Waals surface area contributed by atoms with Crippen molar-refractivity contribution in [2.75, 3.05) is 5.32 Å². The Balaban J connectivity index is 1.52. The molecule has 2 aromatic rings. The highest BCUT2D eigenvalue weighted by atomic mass is 32.2. The molecular formula is C16H16N4OS2. The van der Waals surface area contributed by atoms with Gasteiger partial charge in [0, 0.05) is 11.7 Å². The van der Waals surface area contributed by atoms with Crippen molar-refractivity contribution in [3.8, 4) is 6.07 Å². The molecule has 0 unspecified atom stereocenters. The van der Waals surface area contributed by atoms with Gasteiger partial charge in [-0.05, 0) is 30.5 Å². The summed E-state index contributed by atoms with van der Waals surface area (Å²) in [5.74, 6) is 0.965. The molecule has 1 aliphatic carbocycles. The highest BCUT2D eigenvalue weighted by Crippen LogP contribution is 2.30. The molecule has 0 saturated heterocycles. The molecule has 1 aliphatic rings. The fourth-order valence-electron chi connectivity index (χ4n) is 2.53. The average Bonchev–Trinajstić information content (AvgIpc) is 3.25. The third-order valence-electron chi connectivity index (χ3n) is 3.81. The van der Waals surface area contributed by atoms with E-state index in [2.05, 4.69) is 21.6 Å². The van der Waals surface area contributed by atoms with Crippen molar-refractivity contribution < 1.29 is 4.79 Å². The molecule has 23 heavy (non-hydrogen) atoms. The van der Waals surface area contributed by atoms with Gasteiger partial charge in [0.05, 0.1) is 11.6 Å². The van der Waals surface area contributed by atoms with Crippen LogP contribution in [0.1, 0.15) is 36.8 Å². The lowest BCUT2D eigenvalue weighted by molar-refractivity contribution is -0.119. The van der Waals surface area contributed by atoms with Gasteiger partial charge in [0.2, 0.25) is 11.0 Å². The minimum atomic E-state index is 0.0716. The van der Waals surface area contributed by atoms with Gasteiger partial charge >= 0.3 is 0 Å². The topological polar surface area (TPSA) is 78.7 Å². The van der Waals surface area contributed by atoms with Crippen LogP contribution in [0.5, 0.6) is 0 Å². The Morgan fingerprint density at radius 1 is 1.30 bits per heavy atom. The largest absolute Gasteiger partial charge is 0.300 e. The number of nitriles is 1. The maximum atomic E-state index is 12.1. The number of anilines is 1. The number of benzene rings is 1. The first-order valence-corrected chi connectivity index (χ1v) is 9.31. The summed E-state index contributed by atoms with van der Waals surface area (Å²) in [6, 6.07) is 9.60. The second-order valence-electron chi connectivity index (χ2n) is 5.44. The van der Waals surface area contributed by atoms with Gasteiger partial charge < -0.3 is 5.32 Å². The molecule has 1 aromatic carbocycles. The van der Waals surface area contributed by atoms with Crippen LogP contribution in [0, 0.1) is 17.2 Å². The molecule has 1 heterocycles. The standard InChI is InChI=1S/C16H16N4OS2/c17-9-11-5-7-12(8-6-11)10-22-16-20-19-15(23-16)18-14(21)13-3-1-2-4-13/h5-8,13H,1-4,10H2,(H,18,19,21). The summed E-state index contributed by atoms with van der Waals surface area (Å²) in [5.41, 5.74) is 1.78. The van der Waals surface area contributed by atoms with E-state index < -0.39 is 0 Å². The molecule has 1 fully saturated rings. The smallest absolute Gasteiger partial charge is 0.229 e. The van der Waals surface area contributed by atoms with E-state index in [1.54, 1.807) is 11.8 Å². The molecular weight excluding hydrogens is 328 g/mol. The van der Waals surface area contributed by atoms with Crippen LogP contribution in [-0.4, -0.2) is 16.1 Å². The van der Waals surface area contributed by atoms with Crippen molar-refractivity contribution in [1.29, 1.82) is 5.26 Å². The molecule has 1 saturated carbocycles. The Morgan fingerprint density at radius 3 is 2.74 bits per heavy atom. The SMILES string of the molecule is N#Cc1ccc(CSc2nnc(NC(=O)C3CCCC3)s2)cc1. The molecule has 0 bridgehead atoms. The molecule has 3 rings (SSSR count). The summed E-state index contributed by atoms with van der Waals surface area (Å²) in [5, 5.41) is 20.4. The molecule has 0 radical (unpaired) electrons. The fraction of sp³-hybridized carbons (Fsp3) is 0.375. The summed E-state index contributed by atoms with van der Waals surface area (Å²) in [6.07, 6.45) is 4.23. The number of hydrogen-bond acceptors (Lipinski definition) is 6. The Bertz CT molecular complexity index is 714. The summed E-state index contributed by atoms with van der Waals surface area (Å²) >= 11 is 2.98.